The molecule has 9 nitrogen and oxygen atoms in total. The molecule has 2 aromatic carbocycles. The van der Waals surface area contributed by atoms with Gasteiger partial charge in [0.2, 0.25) is 10.0 Å². The first-order chi connectivity index (χ1) is 14.0. The van der Waals surface area contributed by atoms with Gasteiger partial charge in [0.25, 0.3) is 5.91 Å². The lowest BCUT2D eigenvalue weighted by Gasteiger charge is -2.21. The lowest BCUT2D eigenvalue weighted by atomic mass is 10.1. The molecule has 0 atom stereocenters. The summed E-state index contributed by atoms with van der Waals surface area (Å²) < 4.78 is 29.4. The second-order valence-corrected chi connectivity index (χ2v) is 9.77. The Morgan fingerprint density at radius 3 is 2.50 bits per heavy atom. The minimum atomic E-state index is -3.91. The van der Waals surface area contributed by atoms with Gasteiger partial charge in [-0.1, -0.05) is 17.7 Å². The monoisotopic (exact) mass is 448 g/mol. The van der Waals surface area contributed by atoms with E-state index in [4.69, 9.17) is 11.6 Å². The first kappa shape index (κ1) is 21.9. The lowest BCUT2D eigenvalue weighted by Crippen LogP contribution is -2.40. The van der Waals surface area contributed by atoms with Crippen molar-refractivity contribution in [3.63, 3.8) is 0 Å². The summed E-state index contributed by atoms with van der Waals surface area (Å²) >= 11 is 6.11. The van der Waals surface area contributed by atoms with E-state index in [1.807, 2.05) is 19.1 Å². The summed E-state index contributed by atoms with van der Waals surface area (Å²) in [6, 6.07) is 9.46. The van der Waals surface area contributed by atoms with Crippen LogP contribution in [0.2, 0.25) is 5.02 Å². The predicted octanol–water partition coefficient (Wildman–Crippen LogP) is 2.95. The number of sulfonamides is 1. The zero-order valence-electron chi connectivity index (χ0n) is 16.8. The molecule has 0 saturated heterocycles. The summed E-state index contributed by atoms with van der Waals surface area (Å²) in [4.78, 5) is 12.7. The second kappa shape index (κ2) is 8.13. The van der Waals surface area contributed by atoms with E-state index in [-0.39, 0.29) is 15.5 Å². The highest BCUT2D eigenvalue weighted by Gasteiger charge is 2.25. The van der Waals surface area contributed by atoms with Gasteiger partial charge in [-0.15, -0.1) is 5.10 Å². The van der Waals surface area contributed by atoms with Gasteiger partial charge in [0.05, 0.1) is 10.7 Å². The molecule has 30 heavy (non-hydrogen) atoms. The Bertz CT molecular complexity index is 1190. The molecule has 0 unspecified atom stereocenters. The summed E-state index contributed by atoms with van der Waals surface area (Å²) in [5, 5.41) is 13.8. The first-order valence-electron chi connectivity index (χ1n) is 8.95. The lowest BCUT2D eigenvalue weighted by molar-refractivity contribution is 0.102. The van der Waals surface area contributed by atoms with Crippen molar-refractivity contribution in [3.8, 4) is 5.69 Å². The van der Waals surface area contributed by atoms with Gasteiger partial charge in [-0.05, 0) is 74.0 Å². The van der Waals surface area contributed by atoms with E-state index in [2.05, 4.69) is 25.6 Å². The van der Waals surface area contributed by atoms with Crippen LogP contribution in [0, 0.1) is 6.92 Å². The molecule has 2 N–H and O–H groups in total. The highest BCUT2D eigenvalue weighted by atomic mass is 35.5. The summed E-state index contributed by atoms with van der Waals surface area (Å²) in [6.07, 6.45) is 1.44. The number of rotatable bonds is 5. The van der Waals surface area contributed by atoms with Crippen LogP contribution in [0.5, 0.6) is 0 Å². The third-order valence-corrected chi connectivity index (χ3v) is 6.25. The van der Waals surface area contributed by atoms with Crippen molar-refractivity contribution in [1.29, 1.82) is 0 Å². The summed E-state index contributed by atoms with van der Waals surface area (Å²) in [7, 11) is -3.91. The number of carbonyl (C=O) groups is 1. The number of halogens is 1. The van der Waals surface area contributed by atoms with Gasteiger partial charge in [-0.2, -0.15) is 0 Å². The normalized spacial score (nSPS) is 12.0. The number of hydrogen-bond acceptors (Lipinski definition) is 6. The van der Waals surface area contributed by atoms with Crippen molar-refractivity contribution in [2.75, 3.05) is 5.32 Å². The molecular weight excluding hydrogens is 428 g/mol. The largest absolute Gasteiger partial charge is 0.322 e. The van der Waals surface area contributed by atoms with Crippen LogP contribution in [-0.2, 0) is 10.0 Å². The molecule has 3 rings (SSSR count). The first-order valence-corrected chi connectivity index (χ1v) is 10.8. The topological polar surface area (TPSA) is 119 Å². The summed E-state index contributed by atoms with van der Waals surface area (Å²) in [5.74, 6) is -0.476. The summed E-state index contributed by atoms with van der Waals surface area (Å²) in [5.41, 5.74) is 1.47. The average Bonchev–Trinajstić information content (AvgIpc) is 3.16. The number of nitrogens with one attached hydrogen (secondary N) is 2. The van der Waals surface area contributed by atoms with E-state index in [0.29, 0.717) is 11.4 Å². The molecule has 0 bridgehead atoms. The van der Waals surface area contributed by atoms with Crippen LogP contribution in [0.1, 0.15) is 36.7 Å². The van der Waals surface area contributed by atoms with Crippen molar-refractivity contribution < 1.29 is 13.2 Å². The Morgan fingerprint density at radius 1 is 1.13 bits per heavy atom. The zero-order chi connectivity index (χ0) is 22.1. The SMILES string of the molecule is Cc1ccc(-n2cnnn2)cc1NC(=O)c1ccc(Cl)c(S(=O)(=O)NC(C)(C)C)c1. The van der Waals surface area contributed by atoms with E-state index in [1.165, 1.54) is 29.2 Å². The van der Waals surface area contributed by atoms with E-state index < -0.39 is 21.5 Å². The predicted molar refractivity (Wildman–Crippen MR) is 113 cm³/mol. The van der Waals surface area contributed by atoms with E-state index in [0.717, 1.165) is 5.56 Å². The fourth-order valence-electron chi connectivity index (χ4n) is 2.67. The van der Waals surface area contributed by atoms with E-state index >= 15 is 0 Å². The zero-order valence-corrected chi connectivity index (χ0v) is 18.4. The van der Waals surface area contributed by atoms with Crippen LogP contribution in [-0.4, -0.2) is 40.1 Å². The van der Waals surface area contributed by atoms with Crippen LogP contribution in [0.3, 0.4) is 0 Å². The third kappa shape index (κ3) is 5.02. The highest BCUT2D eigenvalue weighted by Crippen LogP contribution is 2.25. The molecule has 0 fully saturated rings. The van der Waals surface area contributed by atoms with Crippen LogP contribution >= 0.6 is 11.6 Å². The Morgan fingerprint density at radius 2 is 1.87 bits per heavy atom. The molecule has 1 heterocycles. The van der Waals surface area contributed by atoms with Gasteiger partial charge >= 0.3 is 0 Å². The van der Waals surface area contributed by atoms with E-state index in [9.17, 15) is 13.2 Å². The van der Waals surface area contributed by atoms with Crippen LogP contribution in [0.25, 0.3) is 5.69 Å². The number of carbonyl (C=O) groups excluding carboxylic acids is 1. The van der Waals surface area contributed by atoms with Gasteiger partial charge in [0.1, 0.15) is 11.2 Å². The van der Waals surface area contributed by atoms with Crippen LogP contribution in [0.4, 0.5) is 5.69 Å². The Labute approximate surface area is 179 Å². The summed E-state index contributed by atoms with van der Waals surface area (Å²) in [6.45, 7) is 6.99. The van der Waals surface area contributed by atoms with Gasteiger partial charge in [-0.3, -0.25) is 4.79 Å². The maximum absolute atomic E-state index is 12.8. The average molecular weight is 449 g/mol. The van der Waals surface area contributed by atoms with E-state index in [1.54, 1.807) is 26.8 Å². The molecule has 1 amide bonds. The molecule has 0 aliphatic carbocycles. The molecule has 0 aliphatic heterocycles. The third-order valence-electron chi connectivity index (χ3n) is 4.01. The molecule has 0 saturated carbocycles. The van der Waals surface area contributed by atoms with Crippen molar-refractivity contribution in [2.24, 2.45) is 0 Å². The highest BCUT2D eigenvalue weighted by molar-refractivity contribution is 7.89. The molecule has 0 aliphatic rings. The van der Waals surface area contributed by atoms with Crippen molar-refractivity contribution in [2.45, 2.75) is 38.1 Å². The molecule has 158 valence electrons. The minimum Gasteiger partial charge on any atom is -0.322 e. The number of aromatic nitrogens is 4. The van der Waals surface area contributed by atoms with Crippen molar-refractivity contribution >= 4 is 33.2 Å². The number of tetrazole rings is 1. The molecule has 0 radical (unpaired) electrons. The van der Waals surface area contributed by atoms with Crippen molar-refractivity contribution in [3.05, 3.63) is 58.9 Å². The van der Waals surface area contributed by atoms with Gasteiger partial charge in [-0.25, -0.2) is 17.8 Å². The Balaban J connectivity index is 1.91. The quantitative estimate of drug-likeness (QED) is 0.619. The molecule has 1 aromatic heterocycles. The Hall–Kier alpha value is -2.82. The van der Waals surface area contributed by atoms with Crippen LogP contribution in [0.15, 0.2) is 47.6 Å². The molecular formula is C19H21ClN6O3S. The number of benzene rings is 2. The fourth-order valence-corrected chi connectivity index (χ4v) is 4.62. The van der Waals surface area contributed by atoms with Crippen LogP contribution < -0.4 is 10.0 Å². The molecule has 0 spiro atoms. The standard InChI is InChI=1S/C19H21ClN6O3S/c1-12-5-7-14(26-11-21-24-25-26)10-16(12)22-18(27)13-6-8-15(20)17(9-13)30(28,29)23-19(2,3)4/h5-11,23H,1-4H3,(H,22,27). The number of hydrogen-bond donors (Lipinski definition) is 2. The molecule has 11 heteroatoms. The second-order valence-electron chi connectivity index (χ2n) is 7.71. The number of amides is 1. The minimum absolute atomic E-state index is 0.0279. The maximum Gasteiger partial charge on any atom is 0.255 e. The van der Waals surface area contributed by atoms with Gasteiger partial charge in [0, 0.05) is 16.8 Å². The molecule has 3 aromatic rings. The Kier molecular flexibility index (Phi) is 5.93. The smallest absolute Gasteiger partial charge is 0.255 e. The van der Waals surface area contributed by atoms with Crippen molar-refractivity contribution in [1.82, 2.24) is 24.9 Å². The van der Waals surface area contributed by atoms with Gasteiger partial charge < -0.3 is 5.32 Å². The number of nitrogens with zero attached hydrogens (tertiary/aromatic N) is 4. The fraction of sp³-hybridized carbons (Fsp3) is 0.263. The number of anilines is 1. The number of aryl methyl sites for hydroxylation is 1. The van der Waals surface area contributed by atoms with Gasteiger partial charge in [0.15, 0.2) is 0 Å². The maximum atomic E-state index is 12.8.